The van der Waals surface area contributed by atoms with Crippen molar-refractivity contribution in [3.8, 4) is 22.6 Å². The van der Waals surface area contributed by atoms with Gasteiger partial charge in [0, 0.05) is 29.3 Å². The van der Waals surface area contributed by atoms with Gasteiger partial charge in [-0.1, -0.05) is 0 Å². The van der Waals surface area contributed by atoms with E-state index in [1.54, 1.807) is 18.2 Å². The first-order chi connectivity index (χ1) is 10.5. The fourth-order valence-corrected chi connectivity index (χ4v) is 2.08. The SMILES string of the molecule is COc1ccc(-c2cc([N+](=O)[O-])ccc2C(=O)O)c(OC)c1. The Morgan fingerprint density at radius 1 is 1.09 bits per heavy atom. The smallest absolute Gasteiger partial charge is 0.336 e. The number of benzene rings is 2. The summed E-state index contributed by atoms with van der Waals surface area (Å²) in [6.45, 7) is 0. The monoisotopic (exact) mass is 303 g/mol. The lowest BCUT2D eigenvalue weighted by atomic mass is 9.98. The molecule has 114 valence electrons. The molecule has 0 atom stereocenters. The Bertz CT molecular complexity index is 741. The summed E-state index contributed by atoms with van der Waals surface area (Å²) in [7, 11) is 2.92. The molecule has 0 aliphatic carbocycles. The van der Waals surface area contributed by atoms with Gasteiger partial charge < -0.3 is 14.6 Å². The molecule has 2 rings (SSSR count). The van der Waals surface area contributed by atoms with Gasteiger partial charge in [0.15, 0.2) is 0 Å². The zero-order chi connectivity index (χ0) is 16.3. The van der Waals surface area contributed by atoms with E-state index in [9.17, 15) is 20.0 Å². The Labute approximate surface area is 125 Å². The maximum Gasteiger partial charge on any atom is 0.336 e. The molecule has 0 radical (unpaired) electrons. The summed E-state index contributed by atoms with van der Waals surface area (Å²) in [6.07, 6.45) is 0. The van der Waals surface area contributed by atoms with Crippen LogP contribution in [-0.2, 0) is 0 Å². The largest absolute Gasteiger partial charge is 0.497 e. The second-order valence-electron chi connectivity index (χ2n) is 4.36. The molecule has 0 saturated heterocycles. The molecule has 7 heteroatoms. The third-order valence-electron chi connectivity index (χ3n) is 3.14. The Hall–Kier alpha value is -3.09. The van der Waals surface area contributed by atoms with Crippen molar-refractivity contribution >= 4 is 11.7 Å². The number of ether oxygens (including phenoxy) is 2. The van der Waals surface area contributed by atoms with Crippen LogP contribution in [0.25, 0.3) is 11.1 Å². The Kier molecular flexibility index (Phi) is 4.26. The van der Waals surface area contributed by atoms with Crippen molar-refractivity contribution < 1.29 is 24.3 Å². The Morgan fingerprint density at radius 3 is 2.36 bits per heavy atom. The van der Waals surface area contributed by atoms with Crippen LogP contribution in [0, 0.1) is 10.1 Å². The average Bonchev–Trinajstić information content (AvgIpc) is 2.53. The molecule has 0 saturated carbocycles. The molecule has 0 spiro atoms. The minimum absolute atomic E-state index is 0.0472. The normalized spacial score (nSPS) is 10.1. The molecule has 0 aliphatic heterocycles. The fraction of sp³-hybridized carbons (Fsp3) is 0.133. The van der Waals surface area contributed by atoms with Gasteiger partial charge in [-0.3, -0.25) is 10.1 Å². The topological polar surface area (TPSA) is 98.9 Å². The second kappa shape index (κ2) is 6.13. The van der Waals surface area contributed by atoms with Crippen LogP contribution < -0.4 is 9.47 Å². The molecule has 0 unspecified atom stereocenters. The van der Waals surface area contributed by atoms with Crippen molar-refractivity contribution in [2.24, 2.45) is 0 Å². The van der Waals surface area contributed by atoms with Gasteiger partial charge in [0.1, 0.15) is 11.5 Å². The molecule has 0 heterocycles. The molecule has 2 aromatic rings. The number of hydrogen-bond acceptors (Lipinski definition) is 5. The lowest BCUT2D eigenvalue weighted by Crippen LogP contribution is -2.02. The number of methoxy groups -OCH3 is 2. The zero-order valence-electron chi connectivity index (χ0n) is 11.9. The van der Waals surface area contributed by atoms with Crippen LogP contribution in [0.1, 0.15) is 10.4 Å². The van der Waals surface area contributed by atoms with Gasteiger partial charge in [-0.15, -0.1) is 0 Å². The summed E-state index contributed by atoms with van der Waals surface area (Å²) in [6, 6.07) is 8.39. The van der Waals surface area contributed by atoms with E-state index in [-0.39, 0.29) is 16.8 Å². The van der Waals surface area contributed by atoms with Gasteiger partial charge >= 0.3 is 5.97 Å². The number of aromatic carboxylic acids is 1. The van der Waals surface area contributed by atoms with Gasteiger partial charge in [0.2, 0.25) is 0 Å². The van der Waals surface area contributed by atoms with Gasteiger partial charge in [-0.25, -0.2) is 4.79 Å². The average molecular weight is 303 g/mol. The molecular weight excluding hydrogens is 290 g/mol. The van der Waals surface area contributed by atoms with Gasteiger partial charge in [-0.05, 0) is 18.2 Å². The predicted molar refractivity (Wildman–Crippen MR) is 78.6 cm³/mol. The minimum Gasteiger partial charge on any atom is -0.497 e. The van der Waals surface area contributed by atoms with E-state index in [1.807, 2.05) is 0 Å². The Balaban J connectivity index is 2.71. The number of hydrogen-bond donors (Lipinski definition) is 1. The fourth-order valence-electron chi connectivity index (χ4n) is 2.08. The maximum absolute atomic E-state index is 11.4. The lowest BCUT2D eigenvalue weighted by molar-refractivity contribution is -0.384. The van der Waals surface area contributed by atoms with Gasteiger partial charge in [-0.2, -0.15) is 0 Å². The van der Waals surface area contributed by atoms with Crippen molar-refractivity contribution in [1.29, 1.82) is 0 Å². The molecule has 0 aromatic heterocycles. The minimum atomic E-state index is -1.18. The van der Waals surface area contributed by atoms with Crippen LogP contribution in [0.5, 0.6) is 11.5 Å². The summed E-state index contributed by atoms with van der Waals surface area (Å²) in [5.41, 5.74) is 0.401. The van der Waals surface area contributed by atoms with Crippen LogP contribution in [0.4, 0.5) is 5.69 Å². The van der Waals surface area contributed by atoms with Crippen molar-refractivity contribution in [3.63, 3.8) is 0 Å². The van der Waals surface area contributed by atoms with E-state index in [0.717, 1.165) is 6.07 Å². The first-order valence-corrected chi connectivity index (χ1v) is 6.22. The number of carboxylic acids is 1. The number of nitro groups is 1. The highest BCUT2D eigenvalue weighted by Gasteiger charge is 2.19. The molecule has 7 nitrogen and oxygen atoms in total. The molecule has 0 bridgehead atoms. The highest BCUT2D eigenvalue weighted by atomic mass is 16.6. The lowest BCUT2D eigenvalue weighted by Gasteiger charge is -2.12. The van der Waals surface area contributed by atoms with Crippen molar-refractivity contribution in [3.05, 3.63) is 52.1 Å². The number of nitrogens with zero attached hydrogens (tertiary/aromatic N) is 1. The number of carboxylic acid groups (broad SMARTS) is 1. The molecule has 0 fully saturated rings. The number of rotatable bonds is 5. The summed E-state index contributed by atoms with van der Waals surface area (Å²) >= 11 is 0. The molecule has 0 aliphatic rings. The third kappa shape index (κ3) is 2.83. The van der Waals surface area contributed by atoms with Crippen LogP contribution >= 0.6 is 0 Å². The molecule has 0 amide bonds. The van der Waals surface area contributed by atoms with Crippen molar-refractivity contribution in [1.82, 2.24) is 0 Å². The highest BCUT2D eigenvalue weighted by molar-refractivity contribution is 5.97. The van der Waals surface area contributed by atoms with E-state index in [0.29, 0.717) is 17.1 Å². The first-order valence-electron chi connectivity index (χ1n) is 6.22. The second-order valence-corrected chi connectivity index (χ2v) is 4.36. The third-order valence-corrected chi connectivity index (χ3v) is 3.14. The number of non-ortho nitro benzene ring substituents is 1. The number of carbonyl (C=O) groups is 1. The number of nitro benzene ring substituents is 1. The van der Waals surface area contributed by atoms with E-state index >= 15 is 0 Å². The van der Waals surface area contributed by atoms with E-state index in [1.165, 1.54) is 26.4 Å². The van der Waals surface area contributed by atoms with E-state index in [4.69, 9.17) is 9.47 Å². The zero-order valence-corrected chi connectivity index (χ0v) is 11.9. The molecule has 2 aromatic carbocycles. The molecule has 1 N–H and O–H groups in total. The quantitative estimate of drug-likeness (QED) is 0.673. The summed E-state index contributed by atoms with van der Waals surface area (Å²) in [5.74, 6) is -0.284. The predicted octanol–water partition coefficient (Wildman–Crippen LogP) is 2.98. The van der Waals surface area contributed by atoms with Gasteiger partial charge in [0.25, 0.3) is 5.69 Å². The van der Waals surface area contributed by atoms with E-state index < -0.39 is 10.9 Å². The van der Waals surface area contributed by atoms with Crippen LogP contribution in [-0.4, -0.2) is 30.2 Å². The van der Waals surface area contributed by atoms with Gasteiger partial charge in [0.05, 0.1) is 24.7 Å². The first kappa shape index (κ1) is 15.3. The van der Waals surface area contributed by atoms with Crippen LogP contribution in [0.3, 0.4) is 0 Å². The van der Waals surface area contributed by atoms with E-state index in [2.05, 4.69) is 0 Å². The molecule has 22 heavy (non-hydrogen) atoms. The summed E-state index contributed by atoms with van der Waals surface area (Å²) < 4.78 is 10.3. The van der Waals surface area contributed by atoms with Crippen LogP contribution in [0.15, 0.2) is 36.4 Å². The van der Waals surface area contributed by atoms with Crippen molar-refractivity contribution in [2.75, 3.05) is 14.2 Å². The van der Waals surface area contributed by atoms with Crippen molar-refractivity contribution in [2.45, 2.75) is 0 Å². The summed E-state index contributed by atoms with van der Waals surface area (Å²) in [4.78, 5) is 21.7. The Morgan fingerprint density at radius 2 is 1.82 bits per heavy atom. The highest BCUT2D eigenvalue weighted by Crippen LogP contribution is 2.36. The summed E-state index contributed by atoms with van der Waals surface area (Å²) in [5, 5.41) is 20.2. The molecular formula is C15H13NO6. The maximum atomic E-state index is 11.4. The van der Waals surface area contributed by atoms with Crippen LogP contribution in [0.2, 0.25) is 0 Å². The standard InChI is InChI=1S/C15H13NO6/c1-21-10-4-6-11(14(8-10)22-2)13-7-9(16(19)20)3-5-12(13)15(17)18/h3-8H,1-2H3,(H,17,18).